The molecular formula is C44H47NO6. The molecule has 0 fully saturated rings. The van der Waals surface area contributed by atoms with E-state index in [-0.39, 0.29) is 11.9 Å². The summed E-state index contributed by atoms with van der Waals surface area (Å²) in [5, 5.41) is 0. The second-order valence-corrected chi connectivity index (χ2v) is 12.4. The number of hydrogen-bond donors (Lipinski definition) is 0. The van der Waals surface area contributed by atoms with Crippen LogP contribution in [0.25, 0.3) is 22.4 Å². The predicted molar refractivity (Wildman–Crippen MR) is 201 cm³/mol. The van der Waals surface area contributed by atoms with Crippen molar-refractivity contribution >= 4 is 11.9 Å². The molecule has 1 heterocycles. The minimum atomic E-state index is -0.340. The summed E-state index contributed by atoms with van der Waals surface area (Å²) >= 11 is 0. The van der Waals surface area contributed by atoms with Gasteiger partial charge < -0.3 is 18.9 Å². The lowest BCUT2D eigenvalue weighted by Crippen LogP contribution is -2.08. The summed E-state index contributed by atoms with van der Waals surface area (Å²) in [6, 6.07) is 38.3. The number of unbranched alkanes of at least 4 members (excludes halogenated alkanes) is 3. The van der Waals surface area contributed by atoms with Crippen LogP contribution >= 0.6 is 0 Å². The van der Waals surface area contributed by atoms with Crippen molar-refractivity contribution in [1.82, 2.24) is 4.98 Å². The molecule has 0 amide bonds. The van der Waals surface area contributed by atoms with Crippen LogP contribution in [0.15, 0.2) is 115 Å². The molecule has 7 heteroatoms. The van der Waals surface area contributed by atoms with Crippen molar-refractivity contribution in [1.29, 1.82) is 0 Å². The number of nitrogens with zero attached hydrogens (tertiary/aromatic N) is 1. The average molecular weight is 686 g/mol. The minimum absolute atomic E-state index is 0.235. The van der Waals surface area contributed by atoms with Crippen molar-refractivity contribution in [2.75, 3.05) is 27.4 Å². The third-order valence-electron chi connectivity index (χ3n) is 8.82. The monoisotopic (exact) mass is 685 g/mol. The molecule has 0 bridgehead atoms. The molecule has 0 aliphatic carbocycles. The summed E-state index contributed by atoms with van der Waals surface area (Å²) in [5.41, 5.74) is 8.04. The van der Waals surface area contributed by atoms with Crippen LogP contribution in [-0.2, 0) is 33.5 Å². The van der Waals surface area contributed by atoms with Gasteiger partial charge in [0.1, 0.15) is 5.75 Å². The number of ether oxygens (including phenoxy) is 4. The van der Waals surface area contributed by atoms with Gasteiger partial charge in [0.25, 0.3) is 0 Å². The standard InChI is InChI=1S/C44H47NO6/c1-48-43(46)27-26-39-35(23-14-25-41(39)50-29-15-17-33-16-13-24-37(30-33)44(47)49-2)20-7-3-4-12-28-51-42-32-38(34-18-8-5-9-19-34)31-40(45-42)36-21-10-6-11-22-36/h5-6,8-11,13-14,16,18-19,21-25,30-32H,3-4,7,12,15,17,20,26-29H2,1-2H3. The molecular weight excluding hydrogens is 638 g/mol. The molecule has 0 aliphatic heterocycles. The summed E-state index contributed by atoms with van der Waals surface area (Å²) in [7, 11) is 2.81. The van der Waals surface area contributed by atoms with E-state index < -0.39 is 0 Å². The third-order valence-corrected chi connectivity index (χ3v) is 8.82. The smallest absolute Gasteiger partial charge is 0.337 e. The Morgan fingerprint density at radius 1 is 0.588 bits per heavy atom. The van der Waals surface area contributed by atoms with Crippen LogP contribution in [0.3, 0.4) is 0 Å². The van der Waals surface area contributed by atoms with Gasteiger partial charge in [-0.15, -0.1) is 0 Å². The maximum atomic E-state index is 12.1. The lowest BCUT2D eigenvalue weighted by molar-refractivity contribution is -0.140. The maximum absolute atomic E-state index is 12.1. The van der Waals surface area contributed by atoms with Gasteiger partial charge in [-0.05, 0) is 90.6 Å². The quantitative estimate of drug-likeness (QED) is 0.0632. The molecule has 0 saturated carbocycles. The van der Waals surface area contributed by atoms with Gasteiger partial charge in [-0.2, -0.15) is 0 Å². The van der Waals surface area contributed by atoms with Gasteiger partial charge in [0.15, 0.2) is 0 Å². The first kappa shape index (κ1) is 36.8. The number of carbonyl (C=O) groups is 2. The Balaban J connectivity index is 1.12. The lowest BCUT2D eigenvalue weighted by Gasteiger charge is -2.16. The zero-order chi connectivity index (χ0) is 35.7. The molecule has 4 aromatic carbocycles. The molecule has 0 N–H and O–H groups in total. The fourth-order valence-corrected chi connectivity index (χ4v) is 6.10. The minimum Gasteiger partial charge on any atom is -0.493 e. The van der Waals surface area contributed by atoms with E-state index in [1.165, 1.54) is 19.8 Å². The topological polar surface area (TPSA) is 84.0 Å². The second kappa shape index (κ2) is 19.7. The highest BCUT2D eigenvalue weighted by Gasteiger charge is 2.13. The highest BCUT2D eigenvalue weighted by molar-refractivity contribution is 5.89. The Kier molecular flexibility index (Phi) is 14.2. The molecule has 5 rings (SSSR count). The first-order chi connectivity index (χ1) is 25.0. The van der Waals surface area contributed by atoms with Crippen LogP contribution in [0.5, 0.6) is 11.6 Å². The summed E-state index contributed by atoms with van der Waals surface area (Å²) < 4.78 is 22.2. The fourth-order valence-electron chi connectivity index (χ4n) is 6.10. The van der Waals surface area contributed by atoms with Crippen LogP contribution in [0, 0.1) is 0 Å². The van der Waals surface area contributed by atoms with Crippen LogP contribution < -0.4 is 9.47 Å². The highest BCUT2D eigenvalue weighted by Crippen LogP contribution is 2.29. The van der Waals surface area contributed by atoms with Crippen molar-refractivity contribution in [2.45, 2.75) is 57.8 Å². The number of aryl methyl sites for hydroxylation is 2. The van der Waals surface area contributed by atoms with E-state index in [9.17, 15) is 9.59 Å². The van der Waals surface area contributed by atoms with E-state index in [4.69, 9.17) is 23.9 Å². The number of hydrogen-bond acceptors (Lipinski definition) is 7. The van der Waals surface area contributed by atoms with E-state index in [0.29, 0.717) is 37.5 Å². The number of rotatable bonds is 19. The SMILES string of the molecule is COC(=O)CCc1c(CCCCCCOc2cc(-c3ccccc3)cc(-c3ccccc3)n2)cccc1OCCCc1cccc(C(=O)OC)c1. The maximum Gasteiger partial charge on any atom is 0.337 e. The Labute approximate surface area is 301 Å². The van der Waals surface area contributed by atoms with Gasteiger partial charge in [0.2, 0.25) is 5.88 Å². The molecule has 5 aromatic rings. The molecule has 0 unspecified atom stereocenters. The van der Waals surface area contributed by atoms with Crippen LogP contribution in [0.2, 0.25) is 0 Å². The molecule has 0 atom stereocenters. The van der Waals surface area contributed by atoms with Gasteiger partial charge in [0.05, 0.1) is 38.7 Å². The van der Waals surface area contributed by atoms with E-state index in [1.54, 1.807) is 6.07 Å². The van der Waals surface area contributed by atoms with Gasteiger partial charge in [0, 0.05) is 18.1 Å². The van der Waals surface area contributed by atoms with E-state index >= 15 is 0 Å². The Morgan fingerprint density at radius 3 is 2.08 bits per heavy atom. The molecule has 0 aliphatic rings. The first-order valence-electron chi connectivity index (χ1n) is 17.8. The Hall–Kier alpha value is -5.43. The molecule has 0 spiro atoms. The summed E-state index contributed by atoms with van der Waals surface area (Å²) in [4.78, 5) is 28.8. The third kappa shape index (κ3) is 11.3. The van der Waals surface area contributed by atoms with E-state index in [2.05, 4.69) is 36.4 Å². The fraction of sp³-hybridized carbons (Fsp3) is 0.295. The summed E-state index contributed by atoms with van der Waals surface area (Å²) in [6.45, 7) is 1.12. The number of methoxy groups -OCH3 is 2. The van der Waals surface area contributed by atoms with Gasteiger partial charge in [-0.3, -0.25) is 4.79 Å². The highest BCUT2D eigenvalue weighted by atomic mass is 16.5. The summed E-state index contributed by atoms with van der Waals surface area (Å²) in [6.07, 6.45) is 7.36. The normalized spacial score (nSPS) is 10.8. The zero-order valence-corrected chi connectivity index (χ0v) is 29.6. The van der Waals surface area contributed by atoms with E-state index in [1.807, 2.05) is 72.8 Å². The van der Waals surface area contributed by atoms with Crippen molar-refractivity contribution in [2.24, 2.45) is 0 Å². The summed E-state index contributed by atoms with van der Waals surface area (Å²) in [5.74, 6) is 0.874. The number of carbonyl (C=O) groups excluding carboxylic acids is 2. The van der Waals surface area contributed by atoms with Gasteiger partial charge in [-0.1, -0.05) is 97.8 Å². The largest absolute Gasteiger partial charge is 0.493 e. The number of esters is 2. The zero-order valence-electron chi connectivity index (χ0n) is 29.6. The van der Waals surface area contributed by atoms with Crippen molar-refractivity contribution in [3.05, 3.63) is 138 Å². The Bertz CT molecular complexity index is 1780. The first-order valence-corrected chi connectivity index (χ1v) is 17.8. The number of pyridine rings is 1. The van der Waals surface area contributed by atoms with Gasteiger partial charge in [-0.25, -0.2) is 9.78 Å². The predicted octanol–water partition coefficient (Wildman–Crippen LogP) is 9.50. The van der Waals surface area contributed by atoms with Crippen molar-refractivity contribution in [3.8, 4) is 34.0 Å². The molecule has 264 valence electrons. The van der Waals surface area contributed by atoms with Crippen molar-refractivity contribution in [3.63, 3.8) is 0 Å². The molecule has 0 radical (unpaired) electrons. The van der Waals surface area contributed by atoms with Crippen LogP contribution in [0.1, 0.15) is 65.6 Å². The second-order valence-electron chi connectivity index (χ2n) is 12.4. The molecule has 0 saturated heterocycles. The molecule has 51 heavy (non-hydrogen) atoms. The van der Waals surface area contributed by atoms with Crippen LogP contribution in [0.4, 0.5) is 0 Å². The van der Waals surface area contributed by atoms with E-state index in [0.717, 1.165) is 84.2 Å². The number of benzene rings is 4. The average Bonchev–Trinajstić information content (AvgIpc) is 3.18. The van der Waals surface area contributed by atoms with Crippen LogP contribution in [-0.4, -0.2) is 44.4 Å². The molecule has 7 nitrogen and oxygen atoms in total. The lowest BCUT2D eigenvalue weighted by atomic mass is 9.96. The number of aromatic nitrogens is 1. The van der Waals surface area contributed by atoms with Crippen molar-refractivity contribution < 1.29 is 28.5 Å². The molecule has 1 aromatic heterocycles. The Morgan fingerprint density at radius 2 is 1.31 bits per heavy atom. The van der Waals surface area contributed by atoms with Gasteiger partial charge >= 0.3 is 11.9 Å².